The first-order valence-electron chi connectivity index (χ1n) is 8.00. The zero-order valence-electron chi connectivity index (χ0n) is 13.9. The highest BCUT2D eigenvalue weighted by molar-refractivity contribution is 5.07. The van der Waals surface area contributed by atoms with Crippen LogP contribution in [0, 0.1) is 11.3 Å². The van der Waals surface area contributed by atoms with E-state index in [9.17, 15) is 5.26 Å². The van der Waals surface area contributed by atoms with Crippen LogP contribution in [0.5, 0.6) is 0 Å². The van der Waals surface area contributed by atoms with Crippen LogP contribution in [0.25, 0.3) is 0 Å². The van der Waals surface area contributed by atoms with Crippen molar-refractivity contribution in [3.05, 3.63) is 0 Å². The Bertz CT molecular complexity index is 321. The van der Waals surface area contributed by atoms with Gasteiger partial charge in [0.25, 0.3) is 0 Å². The molecule has 2 atom stereocenters. The van der Waals surface area contributed by atoms with Gasteiger partial charge in [-0.2, -0.15) is 5.26 Å². The number of nitrogens with one attached hydrogen (secondary N) is 1. The molecule has 1 aliphatic heterocycles. The van der Waals surface area contributed by atoms with E-state index in [2.05, 4.69) is 56.1 Å². The highest BCUT2D eigenvalue weighted by Crippen LogP contribution is 2.20. The van der Waals surface area contributed by atoms with Gasteiger partial charge in [-0.05, 0) is 66.7 Å². The molecule has 0 amide bonds. The number of likely N-dealkylation sites (tertiary alicyclic amines) is 1. The standard InChI is InChI=1S/C16H32N4/c1-6-16(13-17,18-14(2)3)9-7-10-20-11-8-15(12-20)19(4)5/h14-15,18H,6-12H2,1-5H3. The summed E-state index contributed by atoms with van der Waals surface area (Å²) in [6.45, 7) is 9.83. The first-order valence-corrected chi connectivity index (χ1v) is 8.00. The molecule has 1 rings (SSSR count). The van der Waals surface area contributed by atoms with Gasteiger partial charge in [-0.25, -0.2) is 0 Å². The third kappa shape index (κ3) is 5.05. The summed E-state index contributed by atoms with van der Waals surface area (Å²) in [6.07, 6.45) is 4.19. The van der Waals surface area contributed by atoms with E-state index in [0.29, 0.717) is 12.1 Å². The summed E-state index contributed by atoms with van der Waals surface area (Å²) in [5, 5.41) is 13.0. The molecular weight excluding hydrogens is 248 g/mol. The Balaban J connectivity index is 2.37. The zero-order chi connectivity index (χ0) is 15.2. The first-order chi connectivity index (χ1) is 9.42. The predicted octanol–water partition coefficient (Wildman–Crippen LogP) is 2.07. The van der Waals surface area contributed by atoms with Crippen LogP contribution in [-0.2, 0) is 0 Å². The second-order valence-corrected chi connectivity index (χ2v) is 6.66. The molecule has 4 nitrogen and oxygen atoms in total. The van der Waals surface area contributed by atoms with Crippen molar-refractivity contribution in [2.75, 3.05) is 33.7 Å². The van der Waals surface area contributed by atoms with Gasteiger partial charge in [-0.15, -0.1) is 0 Å². The van der Waals surface area contributed by atoms with Gasteiger partial charge in [0, 0.05) is 18.6 Å². The summed E-state index contributed by atoms with van der Waals surface area (Å²) in [7, 11) is 4.33. The van der Waals surface area contributed by atoms with Gasteiger partial charge < -0.3 is 9.80 Å². The molecule has 0 aromatic rings. The molecule has 20 heavy (non-hydrogen) atoms. The lowest BCUT2D eigenvalue weighted by Crippen LogP contribution is -2.47. The fraction of sp³-hybridized carbons (Fsp3) is 0.938. The van der Waals surface area contributed by atoms with Crippen LogP contribution in [0.15, 0.2) is 0 Å². The largest absolute Gasteiger partial charge is 0.305 e. The lowest BCUT2D eigenvalue weighted by atomic mass is 9.91. The molecule has 0 aromatic carbocycles. The number of rotatable bonds is 8. The molecule has 2 unspecified atom stereocenters. The molecule has 1 heterocycles. The van der Waals surface area contributed by atoms with Crippen molar-refractivity contribution in [1.82, 2.24) is 15.1 Å². The summed E-state index contributed by atoms with van der Waals surface area (Å²) >= 11 is 0. The van der Waals surface area contributed by atoms with Crippen molar-refractivity contribution in [2.24, 2.45) is 0 Å². The Morgan fingerprint density at radius 3 is 2.60 bits per heavy atom. The summed E-state index contributed by atoms with van der Waals surface area (Å²) in [6, 6.07) is 3.58. The second kappa shape index (κ2) is 7.97. The van der Waals surface area contributed by atoms with Gasteiger partial charge in [-0.3, -0.25) is 5.32 Å². The molecule has 0 spiro atoms. The van der Waals surface area contributed by atoms with Crippen LogP contribution in [0.1, 0.15) is 46.5 Å². The monoisotopic (exact) mass is 280 g/mol. The lowest BCUT2D eigenvalue weighted by molar-refractivity contribution is 0.254. The van der Waals surface area contributed by atoms with Crippen LogP contribution >= 0.6 is 0 Å². The number of nitrogens with zero attached hydrogens (tertiary/aromatic N) is 3. The Hall–Kier alpha value is -0.630. The molecule has 0 bridgehead atoms. The number of hydrogen-bond acceptors (Lipinski definition) is 4. The predicted molar refractivity (Wildman–Crippen MR) is 84.7 cm³/mol. The fourth-order valence-corrected chi connectivity index (χ4v) is 3.11. The van der Waals surface area contributed by atoms with Crippen LogP contribution in [-0.4, -0.2) is 61.2 Å². The van der Waals surface area contributed by atoms with Gasteiger partial charge in [0.05, 0.1) is 6.07 Å². The highest BCUT2D eigenvalue weighted by Gasteiger charge is 2.29. The number of likely N-dealkylation sites (N-methyl/N-ethyl adjacent to an activating group) is 1. The highest BCUT2D eigenvalue weighted by atomic mass is 15.2. The smallest absolute Gasteiger partial charge is 0.106 e. The average Bonchev–Trinajstić information content (AvgIpc) is 2.86. The maximum absolute atomic E-state index is 9.50. The maximum Gasteiger partial charge on any atom is 0.106 e. The Labute approximate surface area is 125 Å². The van der Waals surface area contributed by atoms with Gasteiger partial charge >= 0.3 is 0 Å². The van der Waals surface area contributed by atoms with E-state index in [-0.39, 0.29) is 5.54 Å². The van der Waals surface area contributed by atoms with Crippen molar-refractivity contribution in [1.29, 1.82) is 5.26 Å². The summed E-state index contributed by atoms with van der Waals surface area (Å²) < 4.78 is 0. The fourth-order valence-electron chi connectivity index (χ4n) is 3.11. The molecule has 1 fully saturated rings. The Morgan fingerprint density at radius 1 is 1.45 bits per heavy atom. The van der Waals surface area contributed by atoms with Gasteiger partial charge in [0.2, 0.25) is 0 Å². The minimum Gasteiger partial charge on any atom is -0.305 e. The van der Waals surface area contributed by atoms with E-state index < -0.39 is 0 Å². The van der Waals surface area contributed by atoms with Crippen LogP contribution in [0.2, 0.25) is 0 Å². The lowest BCUT2D eigenvalue weighted by Gasteiger charge is -2.30. The van der Waals surface area contributed by atoms with Crippen LogP contribution < -0.4 is 5.32 Å². The maximum atomic E-state index is 9.50. The van der Waals surface area contributed by atoms with Crippen molar-refractivity contribution < 1.29 is 0 Å². The average molecular weight is 280 g/mol. The van der Waals surface area contributed by atoms with E-state index in [0.717, 1.165) is 25.8 Å². The van der Waals surface area contributed by atoms with Crippen molar-refractivity contribution in [2.45, 2.75) is 64.1 Å². The molecule has 0 aromatic heterocycles. The molecule has 0 radical (unpaired) electrons. The van der Waals surface area contributed by atoms with Gasteiger partial charge in [-0.1, -0.05) is 6.92 Å². The number of hydrogen-bond donors (Lipinski definition) is 1. The summed E-state index contributed by atoms with van der Waals surface area (Å²) in [5.41, 5.74) is -0.338. The molecule has 4 heteroatoms. The van der Waals surface area contributed by atoms with Crippen LogP contribution in [0.3, 0.4) is 0 Å². The quantitative estimate of drug-likeness (QED) is 0.739. The normalized spacial score (nSPS) is 23.2. The van der Waals surface area contributed by atoms with E-state index in [1.165, 1.54) is 19.5 Å². The van der Waals surface area contributed by atoms with Crippen molar-refractivity contribution in [3.63, 3.8) is 0 Å². The van der Waals surface area contributed by atoms with E-state index in [4.69, 9.17) is 0 Å². The number of nitriles is 1. The first kappa shape index (κ1) is 17.4. The van der Waals surface area contributed by atoms with Gasteiger partial charge in [0.1, 0.15) is 5.54 Å². The minimum atomic E-state index is -0.338. The minimum absolute atomic E-state index is 0.338. The van der Waals surface area contributed by atoms with Gasteiger partial charge in [0.15, 0.2) is 0 Å². The van der Waals surface area contributed by atoms with E-state index in [1.54, 1.807) is 0 Å². The van der Waals surface area contributed by atoms with Crippen LogP contribution in [0.4, 0.5) is 0 Å². The topological polar surface area (TPSA) is 42.3 Å². The zero-order valence-corrected chi connectivity index (χ0v) is 13.9. The second-order valence-electron chi connectivity index (χ2n) is 6.66. The molecule has 0 aliphatic carbocycles. The molecule has 1 saturated heterocycles. The molecule has 1 aliphatic rings. The Kier molecular flexibility index (Phi) is 6.94. The third-order valence-electron chi connectivity index (χ3n) is 4.44. The van der Waals surface area contributed by atoms with E-state index in [1.807, 2.05) is 0 Å². The van der Waals surface area contributed by atoms with Crippen molar-refractivity contribution in [3.8, 4) is 6.07 Å². The Morgan fingerprint density at radius 2 is 2.15 bits per heavy atom. The molecular formula is C16H32N4. The molecule has 116 valence electrons. The summed E-state index contributed by atoms with van der Waals surface area (Å²) in [5.74, 6) is 0. The SMILES string of the molecule is CCC(C#N)(CCCN1CCC(N(C)C)C1)NC(C)C. The molecule has 1 N–H and O–H groups in total. The summed E-state index contributed by atoms with van der Waals surface area (Å²) in [4.78, 5) is 4.86. The van der Waals surface area contributed by atoms with Crippen molar-refractivity contribution >= 4 is 0 Å². The molecule has 0 saturated carbocycles. The van der Waals surface area contributed by atoms with E-state index >= 15 is 0 Å². The third-order valence-corrected chi connectivity index (χ3v) is 4.44.